The Morgan fingerprint density at radius 2 is 2.21 bits per heavy atom. The summed E-state index contributed by atoms with van der Waals surface area (Å²) in [5.41, 5.74) is -0.900. The van der Waals surface area contributed by atoms with Crippen molar-refractivity contribution in [1.82, 2.24) is 0 Å². The van der Waals surface area contributed by atoms with Crippen molar-refractivity contribution in [2.45, 2.75) is 83.5 Å². The monoisotopic (exact) mass is 421 g/mol. The van der Waals surface area contributed by atoms with Gasteiger partial charge in [0.15, 0.2) is 0 Å². The van der Waals surface area contributed by atoms with E-state index in [0.717, 1.165) is 24.3 Å². The minimum Gasteiger partial charge on any atom is -0.481 e. The second-order valence-corrected chi connectivity index (χ2v) is 10.2. The van der Waals surface area contributed by atoms with Gasteiger partial charge in [0.05, 0.1) is 17.3 Å². The van der Waals surface area contributed by atoms with E-state index in [1.165, 1.54) is 0 Å². The first-order chi connectivity index (χ1) is 13.6. The standard InChI is InChI=1S/C23H35NO4S/c1-5-7-12-22(3,4)19(26)11-10-16-17-14-20(29-13-8-9-21(27)28)24-23(17,6-2)15-18(16)25/h2,10-11,16-19,25-26H,5,7-9,12-15H2,1,3-4H3,(H,27,28). The molecule has 0 saturated heterocycles. The van der Waals surface area contributed by atoms with Crippen LogP contribution in [0.3, 0.4) is 0 Å². The largest absolute Gasteiger partial charge is 0.481 e. The maximum atomic E-state index is 10.7. The van der Waals surface area contributed by atoms with E-state index in [-0.39, 0.29) is 23.7 Å². The number of thioether (sulfide) groups is 1. The molecule has 29 heavy (non-hydrogen) atoms. The number of aliphatic imine (C=N–C) groups is 1. The first-order valence-corrected chi connectivity index (χ1v) is 11.6. The van der Waals surface area contributed by atoms with Gasteiger partial charge in [0.25, 0.3) is 0 Å². The number of nitrogens with zero attached hydrogens (tertiary/aromatic N) is 1. The molecule has 0 aromatic heterocycles. The fourth-order valence-electron chi connectivity index (χ4n) is 4.32. The highest BCUT2D eigenvalue weighted by molar-refractivity contribution is 8.13. The van der Waals surface area contributed by atoms with Crippen LogP contribution in [0.5, 0.6) is 0 Å². The Hall–Kier alpha value is -1.29. The van der Waals surface area contributed by atoms with Gasteiger partial charge < -0.3 is 15.3 Å². The second-order valence-electron chi connectivity index (χ2n) is 9.00. The quantitative estimate of drug-likeness (QED) is 0.283. The predicted octanol–water partition coefficient (Wildman–Crippen LogP) is 3.89. The van der Waals surface area contributed by atoms with Crippen LogP contribution in [0.2, 0.25) is 0 Å². The number of terminal acetylenes is 1. The fourth-order valence-corrected chi connectivity index (χ4v) is 5.37. The zero-order chi connectivity index (χ0) is 21.7. The Morgan fingerprint density at radius 1 is 1.48 bits per heavy atom. The van der Waals surface area contributed by atoms with E-state index in [2.05, 4.69) is 26.7 Å². The van der Waals surface area contributed by atoms with Gasteiger partial charge in [-0.05, 0) is 24.0 Å². The summed E-state index contributed by atoms with van der Waals surface area (Å²) in [6.45, 7) is 6.28. The van der Waals surface area contributed by atoms with Crippen LogP contribution in [0.15, 0.2) is 17.1 Å². The lowest BCUT2D eigenvalue weighted by molar-refractivity contribution is -0.137. The van der Waals surface area contributed by atoms with E-state index < -0.39 is 23.7 Å². The van der Waals surface area contributed by atoms with Gasteiger partial charge in [-0.1, -0.05) is 51.7 Å². The highest BCUT2D eigenvalue weighted by Crippen LogP contribution is 2.50. The molecule has 0 bridgehead atoms. The molecule has 1 aliphatic heterocycles. The predicted molar refractivity (Wildman–Crippen MR) is 119 cm³/mol. The van der Waals surface area contributed by atoms with E-state index >= 15 is 0 Å². The first-order valence-electron chi connectivity index (χ1n) is 10.6. The molecule has 0 aromatic carbocycles. The van der Waals surface area contributed by atoms with Gasteiger partial charge in [-0.3, -0.25) is 9.79 Å². The summed E-state index contributed by atoms with van der Waals surface area (Å²) in [7, 11) is 0. The van der Waals surface area contributed by atoms with Crippen LogP contribution in [0.4, 0.5) is 0 Å². The lowest BCUT2D eigenvalue weighted by Crippen LogP contribution is -2.29. The molecule has 1 fully saturated rings. The van der Waals surface area contributed by atoms with E-state index in [1.807, 2.05) is 12.2 Å². The van der Waals surface area contributed by atoms with Crippen LogP contribution < -0.4 is 0 Å². The molecule has 0 amide bonds. The summed E-state index contributed by atoms with van der Waals surface area (Å²) in [5, 5.41) is 31.0. The molecular formula is C23H35NO4S. The molecule has 5 nitrogen and oxygen atoms in total. The highest BCUT2D eigenvalue weighted by atomic mass is 32.2. The van der Waals surface area contributed by atoms with Crippen molar-refractivity contribution in [3.05, 3.63) is 12.2 Å². The van der Waals surface area contributed by atoms with E-state index in [0.29, 0.717) is 25.0 Å². The number of carboxylic acids is 1. The SMILES string of the molecule is C#CC12CC(O)C(C=CC(O)C(C)(C)CCCC)C1CC(SCCCC(=O)O)=N2. The topological polar surface area (TPSA) is 90.1 Å². The summed E-state index contributed by atoms with van der Waals surface area (Å²) in [4.78, 5) is 15.4. The summed E-state index contributed by atoms with van der Waals surface area (Å²) < 4.78 is 0. The third kappa shape index (κ3) is 5.87. The van der Waals surface area contributed by atoms with Crippen LogP contribution in [-0.2, 0) is 4.79 Å². The minimum absolute atomic E-state index is 0.0201. The number of unbranched alkanes of at least 4 members (excludes halogenated alkanes) is 1. The van der Waals surface area contributed by atoms with Crippen molar-refractivity contribution in [2.24, 2.45) is 22.2 Å². The van der Waals surface area contributed by atoms with Gasteiger partial charge in [0.1, 0.15) is 5.54 Å². The first kappa shape index (κ1) is 24.0. The van der Waals surface area contributed by atoms with E-state index in [4.69, 9.17) is 16.5 Å². The van der Waals surface area contributed by atoms with Crippen LogP contribution >= 0.6 is 11.8 Å². The smallest absolute Gasteiger partial charge is 0.303 e. The Labute approximate surface area is 179 Å². The molecule has 5 atom stereocenters. The Bertz CT molecular complexity index is 681. The van der Waals surface area contributed by atoms with E-state index in [1.54, 1.807) is 11.8 Å². The lowest BCUT2D eigenvalue weighted by Gasteiger charge is -2.29. The number of aliphatic hydroxyl groups is 2. The molecule has 1 aliphatic carbocycles. The van der Waals surface area contributed by atoms with Crippen molar-refractivity contribution in [1.29, 1.82) is 0 Å². The lowest BCUT2D eigenvalue weighted by atomic mass is 9.80. The molecule has 162 valence electrons. The number of aliphatic hydroxyl groups excluding tert-OH is 2. The number of carboxylic acid groups (broad SMARTS) is 1. The number of hydrogen-bond acceptors (Lipinski definition) is 5. The maximum Gasteiger partial charge on any atom is 0.303 e. The molecule has 0 radical (unpaired) electrons. The maximum absolute atomic E-state index is 10.7. The summed E-state index contributed by atoms with van der Waals surface area (Å²) >= 11 is 1.57. The van der Waals surface area contributed by atoms with E-state index in [9.17, 15) is 15.0 Å². The zero-order valence-corrected chi connectivity index (χ0v) is 18.6. The molecule has 1 saturated carbocycles. The number of carbonyl (C=O) groups is 1. The van der Waals surface area contributed by atoms with Gasteiger partial charge in [0, 0.05) is 31.1 Å². The fraction of sp³-hybridized carbons (Fsp3) is 0.739. The van der Waals surface area contributed by atoms with Crippen LogP contribution in [-0.4, -0.2) is 49.8 Å². The molecule has 0 aromatic rings. The van der Waals surface area contributed by atoms with Crippen molar-refractivity contribution >= 4 is 22.8 Å². The molecule has 3 N–H and O–H groups in total. The molecular weight excluding hydrogens is 386 g/mol. The number of rotatable bonds is 10. The molecule has 5 unspecified atom stereocenters. The number of fused-ring (bicyclic) bond motifs is 1. The molecule has 2 rings (SSSR count). The van der Waals surface area contributed by atoms with Gasteiger partial charge >= 0.3 is 5.97 Å². The average Bonchev–Trinajstić information content (AvgIpc) is 3.13. The minimum atomic E-state index is -0.787. The molecule has 0 spiro atoms. The van der Waals surface area contributed by atoms with Crippen LogP contribution in [0.25, 0.3) is 0 Å². The number of aliphatic carboxylic acids is 1. The Morgan fingerprint density at radius 3 is 2.83 bits per heavy atom. The Balaban J connectivity index is 2.03. The second kappa shape index (κ2) is 10.1. The zero-order valence-electron chi connectivity index (χ0n) is 17.8. The summed E-state index contributed by atoms with van der Waals surface area (Å²) in [6.07, 6.45) is 13.5. The summed E-state index contributed by atoms with van der Waals surface area (Å²) in [5.74, 6) is 2.63. The van der Waals surface area contributed by atoms with Crippen molar-refractivity contribution < 1.29 is 20.1 Å². The molecule has 1 heterocycles. The van der Waals surface area contributed by atoms with Gasteiger partial charge in [-0.25, -0.2) is 0 Å². The van der Waals surface area contributed by atoms with Crippen molar-refractivity contribution in [2.75, 3.05) is 5.75 Å². The van der Waals surface area contributed by atoms with Gasteiger partial charge in [0.2, 0.25) is 0 Å². The highest BCUT2D eigenvalue weighted by Gasteiger charge is 2.55. The third-order valence-electron chi connectivity index (χ3n) is 6.31. The third-order valence-corrected chi connectivity index (χ3v) is 7.39. The van der Waals surface area contributed by atoms with Crippen molar-refractivity contribution in [3.8, 4) is 12.3 Å². The van der Waals surface area contributed by atoms with Gasteiger partial charge in [-0.2, -0.15) is 0 Å². The average molecular weight is 422 g/mol. The van der Waals surface area contributed by atoms with Crippen LogP contribution in [0, 0.1) is 29.6 Å². The Kier molecular flexibility index (Phi) is 8.39. The summed E-state index contributed by atoms with van der Waals surface area (Å²) in [6, 6.07) is 0. The normalized spacial score (nSPS) is 30.2. The van der Waals surface area contributed by atoms with Gasteiger partial charge in [-0.15, -0.1) is 18.2 Å². The van der Waals surface area contributed by atoms with Crippen LogP contribution in [0.1, 0.15) is 65.7 Å². The van der Waals surface area contributed by atoms with Crippen molar-refractivity contribution in [3.63, 3.8) is 0 Å². The molecule has 6 heteroatoms. The molecule has 2 aliphatic rings. The number of hydrogen-bond donors (Lipinski definition) is 3.